The molecule has 0 unspecified atom stereocenters. The zero-order valence-corrected chi connectivity index (χ0v) is 12.1. The zero-order valence-electron chi connectivity index (χ0n) is 12.1. The second-order valence-electron chi connectivity index (χ2n) is 5.35. The zero-order chi connectivity index (χ0) is 13.6. The van der Waals surface area contributed by atoms with Gasteiger partial charge in [0.15, 0.2) is 0 Å². The predicted molar refractivity (Wildman–Crippen MR) is 76.6 cm³/mol. The first kappa shape index (κ1) is 14.9. The molecule has 1 aromatic carbocycles. The monoisotopic (exact) mass is 247 g/mol. The maximum absolute atomic E-state index is 11.3. The normalized spacial score (nSPS) is 11.8. The Labute approximate surface area is 111 Å². The SMILES string of the molecule is CCC(C=O)(CC)CN(C)Cc1cccc(C)c1. The van der Waals surface area contributed by atoms with Gasteiger partial charge in [0.05, 0.1) is 0 Å². The Hall–Kier alpha value is -1.15. The Kier molecular flexibility index (Phi) is 5.54. The van der Waals surface area contributed by atoms with Gasteiger partial charge in [0, 0.05) is 18.5 Å². The molecule has 0 aliphatic rings. The molecule has 0 heterocycles. The van der Waals surface area contributed by atoms with Gasteiger partial charge in [-0.3, -0.25) is 0 Å². The summed E-state index contributed by atoms with van der Waals surface area (Å²) in [7, 11) is 2.09. The van der Waals surface area contributed by atoms with Gasteiger partial charge in [-0.1, -0.05) is 43.7 Å². The van der Waals surface area contributed by atoms with Crippen LogP contribution < -0.4 is 0 Å². The summed E-state index contributed by atoms with van der Waals surface area (Å²) in [4.78, 5) is 13.6. The van der Waals surface area contributed by atoms with Crippen LogP contribution in [0.15, 0.2) is 24.3 Å². The molecule has 100 valence electrons. The summed E-state index contributed by atoms with van der Waals surface area (Å²) >= 11 is 0. The van der Waals surface area contributed by atoms with Crippen molar-refractivity contribution in [3.8, 4) is 0 Å². The van der Waals surface area contributed by atoms with Crippen molar-refractivity contribution < 1.29 is 4.79 Å². The molecule has 2 heteroatoms. The number of nitrogens with zero attached hydrogens (tertiary/aromatic N) is 1. The van der Waals surface area contributed by atoms with Crippen LogP contribution in [0.3, 0.4) is 0 Å². The van der Waals surface area contributed by atoms with E-state index in [-0.39, 0.29) is 5.41 Å². The Bertz CT molecular complexity index is 382. The van der Waals surface area contributed by atoms with Crippen LogP contribution in [-0.2, 0) is 11.3 Å². The van der Waals surface area contributed by atoms with Gasteiger partial charge < -0.3 is 9.69 Å². The lowest BCUT2D eigenvalue weighted by atomic mass is 9.83. The predicted octanol–water partition coefficient (Wildman–Crippen LogP) is 3.43. The molecule has 0 amide bonds. The molecule has 1 rings (SSSR count). The van der Waals surface area contributed by atoms with Gasteiger partial charge in [0.2, 0.25) is 0 Å². The number of aldehydes is 1. The topological polar surface area (TPSA) is 20.3 Å². The first-order chi connectivity index (χ1) is 8.55. The highest BCUT2D eigenvalue weighted by Crippen LogP contribution is 2.25. The summed E-state index contributed by atoms with van der Waals surface area (Å²) in [6.45, 7) is 8.03. The van der Waals surface area contributed by atoms with E-state index in [0.29, 0.717) is 0 Å². The van der Waals surface area contributed by atoms with Crippen LogP contribution in [0, 0.1) is 12.3 Å². The first-order valence-electron chi connectivity index (χ1n) is 6.75. The fraction of sp³-hybridized carbons (Fsp3) is 0.562. The second-order valence-corrected chi connectivity index (χ2v) is 5.35. The molecule has 0 aromatic heterocycles. The minimum Gasteiger partial charge on any atom is -0.303 e. The van der Waals surface area contributed by atoms with Crippen LogP contribution in [0.5, 0.6) is 0 Å². The average molecular weight is 247 g/mol. The van der Waals surface area contributed by atoms with Gasteiger partial charge in [0.25, 0.3) is 0 Å². The summed E-state index contributed by atoms with van der Waals surface area (Å²) in [5.74, 6) is 0. The lowest BCUT2D eigenvalue weighted by Crippen LogP contribution is -2.35. The molecule has 18 heavy (non-hydrogen) atoms. The van der Waals surface area contributed by atoms with Crippen LogP contribution in [0.1, 0.15) is 37.8 Å². The van der Waals surface area contributed by atoms with Crippen molar-refractivity contribution in [1.82, 2.24) is 4.90 Å². The molecule has 2 nitrogen and oxygen atoms in total. The molecule has 0 radical (unpaired) electrons. The maximum atomic E-state index is 11.3. The summed E-state index contributed by atoms with van der Waals surface area (Å²) < 4.78 is 0. The highest BCUT2D eigenvalue weighted by Gasteiger charge is 2.26. The quantitative estimate of drug-likeness (QED) is 0.688. The van der Waals surface area contributed by atoms with E-state index in [4.69, 9.17) is 0 Å². The molecule has 0 N–H and O–H groups in total. The van der Waals surface area contributed by atoms with Gasteiger partial charge >= 0.3 is 0 Å². The minimum atomic E-state index is -0.182. The number of carbonyl (C=O) groups excluding carboxylic acids is 1. The maximum Gasteiger partial charge on any atom is 0.127 e. The van der Waals surface area contributed by atoms with E-state index in [1.54, 1.807) is 0 Å². The summed E-state index contributed by atoms with van der Waals surface area (Å²) in [6.07, 6.45) is 2.95. The van der Waals surface area contributed by atoms with Crippen LogP contribution in [-0.4, -0.2) is 24.8 Å². The first-order valence-corrected chi connectivity index (χ1v) is 6.75. The lowest BCUT2D eigenvalue weighted by Gasteiger charge is -2.30. The number of benzene rings is 1. The van der Waals surface area contributed by atoms with E-state index >= 15 is 0 Å². The van der Waals surface area contributed by atoms with Gasteiger partial charge in [-0.05, 0) is 32.4 Å². The molecule has 1 aromatic rings. The lowest BCUT2D eigenvalue weighted by molar-refractivity contribution is -0.117. The van der Waals surface area contributed by atoms with Crippen LogP contribution in [0.25, 0.3) is 0 Å². The minimum absolute atomic E-state index is 0.182. The number of carbonyl (C=O) groups is 1. The van der Waals surface area contributed by atoms with Gasteiger partial charge in [-0.2, -0.15) is 0 Å². The van der Waals surface area contributed by atoms with Gasteiger partial charge in [0.1, 0.15) is 6.29 Å². The van der Waals surface area contributed by atoms with E-state index in [0.717, 1.165) is 32.2 Å². The van der Waals surface area contributed by atoms with E-state index in [9.17, 15) is 4.79 Å². The van der Waals surface area contributed by atoms with E-state index < -0.39 is 0 Å². The van der Waals surface area contributed by atoms with Gasteiger partial charge in [-0.25, -0.2) is 0 Å². The largest absolute Gasteiger partial charge is 0.303 e. The van der Waals surface area contributed by atoms with Crippen molar-refractivity contribution in [3.05, 3.63) is 35.4 Å². The molecule has 0 bridgehead atoms. The number of hydrogen-bond acceptors (Lipinski definition) is 2. The van der Waals surface area contributed by atoms with Crippen molar-refractivity contribution >= 4 is 6.29 Å². The number of aryl methyl sites for hydroxylation is 1. The fourth-order valence-electron chi connectivity index (χ4n) is 2.39. The molecule has 0 atom stereocenters. The summed E-state index contributed by atoms with van der Waals surface area (Å²) in [5, 5.41) is 0. The Morgan fingerprint density at radius 2 is 1.94 bits per heavy atom. The molecule has 0 aliphatic carbocycles. The molecule has 0 spiro atoms. The average Bonchev–Trinajstić information content (AvgIpc) is 2.36. The van der Waals surface area contributed by atoms with E-state index in [1.165, 1.54) is 11.1 Å². The Morgan fingerprint density at radius 3 is 2.44 bits per heavy atom. The second kappa shape index (κ2) is 6.69. The third-order valence-electron chi connectivity index (χ3n) is 3.78. The molecule has 0 saturated carbocycles. The van der Waals surface area contributed by atoms with Crippen molar-refractivity contribution in [2.75, 3.05) is 13.6 Å². The highest BCUT2D eigenvalue weighted by molar-refractivity contribution is 5.59. The summed E-state index contributed by atoms with van der Waals surface area (Å²) in [6, 6.07) is 8.55. The van der Waals surface area contributed by atoms with E-state index in [1.807, 2.05) is 0 Å². The number of hydrogen-bond donors (Lipinski definition) is 0. The van der Waals surface area contributed by atoms with E-state index in [2.05, 4.69) is 57.0 Å². The van der Waals surface area contributed by atoms with Crippen molar-refractivity contribution in [2.45, 2.75) is 40.2 Å². The van der Waals surface area contributed by atoms with Crippen molar-refractivity contribution in [1.29, 1.82) is 0 Å². The van der Waals surface area contributed by atoms with Crippen LogP contribution in [0.4, 0.5) is 0 Å². The number of rotatable bonds is 7. The Balaban J connectivity index is 2.66. The standard InChI is InChI=1S/C16H25NO/c1-5-16(6-2,13-18)12-17(4)11-15-9-7-8-14(3)10-15/h7-10,13H,5-6,11-12H2,1-4H3. The smallest absolute Gasteiger partial charge is 0.127 e. The van der Waals surface area contributed by atoms with Gasteiger partial charge in [-0.15, -0.1) is 0 Å². The Morgan fingerprint density at radius 1 is 1.28 bits per heavy atom. The van der Waals surface area contributed by atoms with Crippen molar-refractivity contribution in [3.63, 3.8) is 0 Å². The molecule has 0 saturated heterocycles. The van der Waals surface area contributed by atoms with Crippen LogP contribution >= 0.6 is 0 Å². The molecule has 0 fully saturated rings. The highest BCUT2D eigenvalue weighted by atomic mass is 16.1. The molecule has 0 aliphatic heterocycles. The third-order valence-corrected chi connectivity index (χ3v) is 3.78. The summed E-state index contributed by atoms with van der Waals surface area (Å²) in [5.41, 5.74) is 2.41. The fourth-order valence-corrected chi connectivity index (χ4v) is 2.39. The molecular weight excluding hydrogens is 222 g/mol. The molecular formula is C16H25NO. The third kappa shape index (κ3) is 3.95. The van der Waals surface area contributed by atoms with Crippen LogP contribution in [0.2, 0.25) is 0 Å². The van der Waals surface area contributed by atoms with Crippen molar-refractivity contribution in [2.24, 2.45) is 5.41 Å².